The molecule has 1 aliphatic rings. The van der Waals surface area contributed by atoms with Crippen LogP contribution < -0.4 is 5.32 Å². The Morgan fingerprint density at radius 1 is 1.14 bits per heavy atom. The molecule has 3 heterocycles. The second-order valence-corrected chi connectivity index (χ2v) is 5.99. The molecular formula is C15H24N6. The standard InChI is InChI=1S/C15H24N6/c1-11(13-9-16-20(3)10-13)17-12(2)15-19-18-14-7-5-4-6-8-21(14)15/h9-12,17H,4-8H2,1-3H3. The Morgan fingerprint density at radius 2 is 2.00 bits per heavy atom. The SMILES string of the molecule is CC(NC(C)c1nnc2n1CCCCC2)c1cnn(C)c1. The quantitative estimate of drug-likeness (QED) is 0.936. The zero-order valence-corrected chi connectivity index (χ0v) is 13.1. The lowest BCUT2D eigenvalue weighted by molar-refractivity contribution is 0.453. The molecule has 3 rings (SSSR count). The van der Waals surface area contributed by atoms with Gasteiger partial charge in [0.05, 0.1) is 12.2 Å². The van der Waals surface area contributed by atoms with Crippen LogP contribution in [0, 0.1) is 0 Å². The third kappa shape index (κ3) is 3.00. The largest absolute Gasteiger partial charge is 0.314 e. The van der Waals surface area contributed by atoms with Crippen molar-refractivity contribution >= 4 is 0 Å². The van der Waals surface area contributed by atoms with Crippen molar-refractivity contribution in [2.45, 2.75) is 58.2 Å². The lowest BCUT2D eigenvalue weighted by Crippen LogP contribution is -2.25. The van der Waals surface area contributed by atoms with Crippen molar-refractivity contribution in [3.05, 3.63) is 29.6 Å². The van der Waals surface area contributed by atoms with E-state index in [9.17, 15) is 0 Å². The molecule has 0 saturated heterocycles. The van der Waals surface area contributed by atoms with Gasteiger partial charge in [-0.1, -0.05) is 6.42 Å². The Labute approximate surface area is 125 Å². The highest BCUT2D eigenvalue weighted by atomic mass is 15.3. The molecule has 0 saturated carbocycles. The first-order valence-corrected chi connectivity index (χ1v) is 7.81. The lowest BCUT2D eigenvalue weighted by atomic mass is 10.1. The van der Waals surface area contributed by atoms with Gasteiger partial charge in [0.2, 0.25) is 0 Å². The van der Waals surface area contributed by atoms with E-state index in [4.69, 9.17) is 0 Å². The molecule has 2 unspecified atom stereocenters. The summed E-state index contributed by atoms with van der Waals surface area (Å²) >= 11 is 0. The van der Waals surface area contributed by atoms with E-state index < -0.39 is 0 Å². The third-order valence-corrected chi connectivity index (χ3v) is 4.25. The molecule has 1 aliphatic heterocycles. The number of aryl methyl sites for hydroxylation is 2. The van der Waals surface area contributed by atoms with Crippen LogP contribution in [-0.2, 0) is 20.0 Å². The first-order valence-electron chi connectivity index (χ1n) is 7.81. The molecule has 2 aromatic rings. The summed E-state index contributed by atoms with van der Waals surface area (Å²) in [6.45, 7) is 5.37. The molecule has 0 bridgehead atoms. The van der Waals surface area contributed by atoms with E-state index in [0.29, 0.717) is 0 Å². The molecule has 0 fully saturated rings. The van der Waals surface area contributed by atoms with Gasteiger partial charge in [0.1, 0.15) is 11.6 Å². The number of aromatic nitrogens is 5. The summed E-state index contributed by atoms with van der Waals surface area (Å²) in [6.07, 6.45) is 8.76. The van der Waals surface area contributed by atoms with Gasteiger partial charge in [-0.3, -0.25) is 4.68 Å². The topological polar surface area (TPSA) is 60.6 Å². The van der Waals surface area contributed by atoms with Crippen LogP contribution in [0.2, 0.25) is 0 Å². The van der Waals surface area contributed by atoms with Gasteiger partial charge >= 0.3 is 0 Å². The second kappa shape index (κ2) is 5.97. The van der Waals surface area contributed by atoms with E-state index in [1.807, 2.05) is 17.9 Å². The van der Waals surface area contributed by atoms with E-state index in [2.05, 4.69) is 45.2 Å². The molecule has 6 heteroatoms. The maximum atomic E-state index is 4.42. The van der Waals surface area contributed by atoms with E-state index in [1.165, 1.54) is 24.8 Å². The minimum Gasteiger partial charge on any atom is -0.314 e. The van der Waals surface area contributed by atoms with Gasteiger partial charge in [0, 0.05) is 37.8 Å². The van der Waals surface area contributed by atoms with E-state index >= 15 is 0 Å². The Balaban J connectivity index is 1.73. The maximum absolute atomic E-state index is 4.42. The monoisotopic (exact) mass is 288 g/mol. The highest BCUT2D eigenvalue weighted by Crippen LogP contribution is 2.21. The molecule has 2 atom stereocenters. The third-order valence-electron chi connectivity index (χ3n) is 4.25. The molecule has 0 aromatic carbocycles. The Kier molecular flexibility index (Phi) is 4.05. The minimum absolute atomic E-state index is 0.180. The average molecular weight is 288 g/mol. The molecular weight excluding hydrogens is 264 g/mol. The van der Waals surface area contributed by atoms with Gasteiger partial charge in [0.25, 0.3) is 0 Å². The Morgan fingerprint density at radius 3 is 2.76 bits per heavy atom. The predicted molar refractivity (Wildman–Crippen MR) is 80.8 cm³/mol. The van der Waals surface area contributed by atoms with Gasteiger partial charge in [-0.25, -0.2) is 0 Å². The van der Waals surface area contributed by atoms with Crippen molar-refractivity contribution in [3.8, 4) is 0 Å². The molecule has 2 aromatic heterocycles. The highest BCUT2D eigenvalue weighted by molar-refractivity contribution is 5.11. The van der Waals surface area contributed by atoms with Crippen molar-refractivity contribution in [1.29, 1.82) is 0 Å². The van der Waals surface area contributed by atoms with Gasteiger partial charge in [-0.05, 0) is 26.7 Å². The van der Waals surface area contributed by atoms with E-state index in [0.717, 1.165) is 24.6 Å². The molecule has 0 radical (unpaired) electrons. The fourth-order valence-electron chi connectivity index (χ4n) is 3.04. The zero-order chi connectivity index (χ0) is 14.8. The number of hydrogen-bond donors (Lipinski definition) is 1. The van der Waals surface area contributed by atoms with Crippen LogP contribution in [0.4, 0.5) is 0 Å². The van der Waals surface area contributed by atoms with Crippen molar-refractivity contribution in [2.24, 2.45) is 7.05 Å². The van der Waals surface area contributed by atoms with E-state index in [1.54, 1.807) is 0 Å². The van der Waals surface area contributed by atoms with Crippen molar-refractivity contribution in [3.63, 3.8) is 0 Å². The van der Waals surface area contributed by atoms with Crippen molar-refractivity contribution in [2.75, 3.05) is 0 Å². The average Bonchev–Trinajstić information content (AvgIpc) is 2.99. The van der Waals surface area contributed by atoms with Crippen LogP contribution >= 0.6 is 0 Å². The Bertz CT molecular complexity index is 599. The van der Waals surface area contributed by atoms with Crippen molar-refractivity contribution in [1.82, 2.24) is 29.9 Å². The van der Waals surface area contributed by atoms with Crippen LogP contribution in [0.15, 0.2) is 12.4 Å². The summed E-state index contributed by atoms with van der Waals surface area (Å²) in [6, 6.07) is 0.423. The van der Waals surface area contributed by atoms with Crippen LogP contribution in [0.3, 0.4) is 0 Å². The van der Waals surface area contributed by atoms with Crippen LogP contribution in [0.1, 0.15) is 62.4 Å². The van der Waals surface area contributed by atoms with Gasteiger partial charge in [-0.2, -0.15) is 5.10 Å². The molecule has 114 valence electrons. The number of nitrogens with one attached hydrogen (secondary N) is 1. The number of rotatable bonds is 4. The summed E-state index contributed by atoms with van der Waals surface area (Å²) in [4.78, 5) is 0. The van der Waals surface area contributed by atoms with Crippen molar-refractivity contribution < 1.29 is 0 Å². The molecule has 0 amide bonds. The fraction of sp³-hybridized carbons (Fsp3) is 0.667. The van der Waals surface area contributed by atoms with Gasteiger partial charge in [-0.15, -0.1) is 10.2 Å². The first-order chi connectivity index (χ1) is 10.1. The molecule has 0 aliphatic carbocycles. The predicted octanol–water partition coefficient (Wildman–Crippen LogP) is 2.15. The Hall–Kier alpha value is -1.69. The van der Waals surface area contributed by atoms with E-state index in [-0.39, 0.29) is 12.1 Å². The smallest absolute Gasteiger partial charge is 0.149 e. The highest BCUT2D eigenvalue weighted by Gasteiger charge is 2.21. The molecule has 0 spiro atoms. The first kappa shape index (κ1) is 14.3. The number of fused-ring (bicyclic) bond motifs is 1. The summed E-state index contributed by atoms with van der Waals surface area (Å²) < 4.78 is 4.14. The minimum atomic E-state index is 0.180. The van der Waals surface area contributed by atoms with Crippen LogP contribution in [0.5, 0.6) is 0 Å². The molecule has 6 nitrogen and oxygen atoms in total. The fourth-order valence-corrected chi connectivity index (χ4v) is 3.04. The number of hydrogen-bond acceptors (Lipinski definition) is 4. The second-order valence-electron chi connectivity index (χ2n) is 5.99. The van der Waals surface area contributed by atoms with Crippen LogP contribution in [-0.4, -0.2) is 24.5 Å². The zero-order valence-electron chi connectivity index (χ0n) is 13.1. The summed E-state index contributed by atoms with van der Waals surface area (Å²) in [7, 11) is 1.94. The maximum Gasteiger partial charge on any atom is 0.149 e. The number of nitrogens with zero attached hydrogens (tertiary/aromatic N) is 5. The summed E-state index contributed by atoms with van der Waals surface area (Å²) in [5.74, 6) is 2.20. The van der Waals surface area contributed by atoms with Gasteiger partial charge in [0.15, 0.2) is 0 Å². The molecule has 21 heavy (non-hydrogen) atoms. The van der Waals surface area contributed by atoms with Crippen LogP contribution in [0.25, 0.3) is 0 Å². The lowest BCUT2D eigenvalue weighted by Gasteiger charge is -2.19. The molecule has 1 N–H and O–H groups in total. The van der Waals surface area contributed by atoms with Gasteiger partial charge < -0.3 is 9.88 Å². The normalized spacial score (nSPS) is 18.0. The summed E-state index contributed by atoms with van der Waals surface area (Å²) in [5.41, 5.74) is 1.19. The summed E-state index contributed by atoms with van der Waals surface area (Å²) in [5, 5.41) is 16.6.